The minimum absolute atomic E-state index is 0.273. The van der Waals surface area contributed by atoms with E-state index in [1.165, 1.54) is 6.20 Å². The Balaban J connectivity index is 2.48. The predicted molar refractivity (Wildman–Crippen MR) is 60.0 cm³/mol. The fraction of sp³-hybridized carbons (Fsp3) is 0.455. The van der Waals surface area contributed by atoms with Gasteiger partial charge in [-0.15, -0.1) is 0 Å². The summed E-state index contributed by atoms with van der Waals surface area (Å²) in [7, 11) is 0. The van der Waals surface area contributed by atoms with Crippen molar-refractivity contribution in [1.82, 2.24) is 4.98 Å². The summed E-state index contributed by atoms with van der Waals surface area (Å²) in [5, 5.41) is 0. The summed E-state index contributed by atoms with van der Waals surface area (Å²) in [5.41, 5.74) is 5.80. The Morgan fingerprint density at radius 1 is 1.56 bits per heavy atom. The predicted octanol–water partition coefficient (Wildman–Crippen LogP) is 1.25. The number of rotatable bonds is 5. The summed E-state index contributed by atoms with van der Waals surface area (Å²) in [4.78, 5) is 15.4. The second-order valence-corrected chi connectivity index (χ2v) is 3.35. The summed E-state index contributed by atoms with van der Waals surface area (Å²) in [6, 6.07) is 3.14. The fourth-order valence-corrected chi connectivity index (χ4v) is 1.09. The minimum Gasteiger partial charge on any atom is -0.457 e. The van der Waals surface area contributed by atoms with Gasteiger partial charge >= 0.3 is 5.97 Å². The van der Waals surface area contributed by atoms with Gasteiger partial charge in [0.2, 0.25) is 0 Å². The molecule has 16 heavy (non-hydrogen) atoms. The molecule has 88 valence electrons. The van der Waals surface area contributed by atoms with E-state index in [0.717, 1.165) is 0 Å². The lowest BCUT2D eigenvalue weighted by atomic mass is 10.3. The molecule has 0 bridgehead atoms. The van der Waals surface area contributed by atoms with Gasteiger partial charge in [-0.05, 0) is 26.0 Å². The number of nitrogens with two attached hydrogens (primary N) is 1. The molecule has 0 aliphatic rings. The van der Waals surface area contributed by atoms with Crippen LogP contribution in [0.25, 0.3) is 0 Å². The monoisotopic (exact) mass is 224 g/mol. The van der Waals surface area contributed by atoms with E-state index in [1.54, 1.807) is 19.1 Å². The first-order valence-corrected chi connectivity index (χ1v) is 5.13. The first-order chi connectivity index (χ1) is 7.63. The van der Waals surface area contributed by atoms with Gasteiger partial charge in [-0.2, -0.15) is 0 Å². The summed E-state index contributed by atoms with van der Waals surface area (Å²) in [6.07, 6.45) is 1.12. The zero-order chi connectivity index (χ0) is 12.0. The zero-order valence-corrected chi connectivity index (χ0v) is 9.47. The Bertz CT molecular complexity index is 338. The van der Waals surface area contributed by atoms with Gasteiger partial charge in [0.25, 0.3) is 0 Å². The van der Waals surface area contributed by atoms with Crippen LogP contribution in [0.2, 0.25) is 0 Å². The van der Waals surface area contributed by atoms with Gasteiger partial charge in [0.1, 0.15) is 11.9 Å². The van der Waals surface area contributed by atoms with Crippen molar-refractivity contribution in [3.05, 3.63) is 23.9 Å². The van der Waals surface area contributed by atoms with Gasteiger partial charge in [0, 0.05) is 12.8 Å². The molecule has 5 heteroatoms. The molecule has 1 aromatic rings. The van der Waals surface area contributed by atoms with Crippen molar-refractivity contribution in [3.63, 3.8) is 0 Å². The molecular formula is C11H16N2O3. The molecule has 0 radical (unpaired) electrons. The summed E-state index contributed by atoms with van der Waals surface area (Å²) in [5.74, 6) is -0.0429. The van der Waals surface area contributed by atoms with Crippen molar-refractivity contribution in [2.75, 3.05) is 18.9 Å². The Morgan fingerprint density at radius 2 is 2.31 bits per heavy atom. The standard InChI is InChI=1S/C11H16N2O3/c1-3-15-7-8(2)16-11(14)9-4-5-10(12)13-6-9/h4-6,8H,3,7H2,1-2H3,(H2,12,13). The molecule has 0 aliphatic carbocycles. The SMILES string of the molecule is CCOCC(C)OC(=O)c1ccc(N)nc1. The first-order valence-electron chi connectivity index (χ1n) is 5.13. The number of carbonyl (C=O) groups excluding carboxylic acids is 1. The lowest BCUT2D eigenvalue weighted by molar-refractivity contribution is 0.00436. The van der Waals surface area contributed by atoms with Gasteiger partial charge in [-0.3, -0.25) is 0 Å². The fourth-order valence-electron chi connectivity index (χ4n) is 1.09. The number of esters is 1. The normalized spacial score (nSPS) is 12.1. The largest absolute Gasteiger partial charge is 0.457 e. The lowest BCUT2D eigenvalue weighted by Gasteiger charge is -2.12. The van der Waals surface area contributed by atoms with Crippen LogP contribution >= 0.6 is 0 Å². The van der Waals surface area contributed by atoms with Crippen molar-refractivity contribution in [2.24, 2.45) is 0 Å². The summed E-state index contributed by atoms with van der Waals surface area (Å²) >= 11 is 0. The van der Waals surface area contributed by atoms with Crippen molar-refractivity contribution in [2.45, 2.75) is 20.0 Å². The number of pyridine rings is 1. The topological polar surface area (TPSA) is 74.4 Å². The van der Waals surface area contributed by atoms with Crippen molar-refractivity contribution in [3.8, 4) is 0 Å². The average Bonchev–Trinajstić information content (AvgIpc) is 2.27. The number of nitrogens with zero attached hydrogens (tertiary/aromatic N) is 1. The van der Waals surface area contributed by atoms with Crippen LogP contribution in [0.3, 0.4) is 0 Å². The number of aromatic nitrogens is 1. The Labute approximate surface area is 94.6 Å². The van der Waals surface area contributed by atoms with Crippen LogP contribution in [0.15, 0.2) is 18.3 Å². The lowest BCUT2D eigenvalue weighted by Crippen LogP contribution is -2.20. The zero-order valence-electron chi connectivity index (χ0n) is 9.47. The molecule has 1 atom stereocenters. The second kappa shape index (κ2) is 6.07. The van der Waals surface area contributed by atoms with Crippen LogP contribution in [0.5, 0.6) is 0 Å². The summed E-state index contributed by atoms with van der Waals surface area (Å²) in [6.45, 7) is 4.66. The molecule has 0 aromatic carbocycles. The molecule has 0 fully saturated rings. The number of carbonyl (C=O) groups is 1. The highest BCUT2D eigenvalue weighted by atomic mass is 16.6. The maximum Gasteiger partial charge on any atom is 0.340 e. The molecule has 0 aliphatic heterocycles. The van der Waals surface area contributed by atoms with E-state index in [1.807, 2.05) is 6.92 Å². The van der Waals surface area contributed by atoms with Crippen molar-refractivity contribution in [1.29, 1.82) is 0 Å². The van der Waals surface area contributed by atoms with E-state index in [0.29, 0.717) is 24.6 Å². The van der Waals surface area contributed by atoms with Crippen LogP contribution in [0.4, 0.5) is 5.82 Å². The molecule has 0 amide bonds. The van der Waals surface area contributed by atoms with Gasteiger partial charge in [0.15, 0.2) is 0 Å². The molecule has 2 N–H and O–H groups in total. The van der Waals surface area contributed by atoms with Crippen LogP contribution in [0.1, 0.15) is 24.2 Å². The third-order valence-corrected chi connectivity index (χ3v) is 1.89. The van der Waals surface area contributed by atoms with E-state index < -0.39 is 5.97 Å². The molecule has 0 saturated carbocycles. The molecule has 1 rings (SSSR count). The Morgan fingerprint density at radius 3 is 2.88 bits per heavy atom. The van der Waals surface area contributed by atoms with E-state index in [-0.39, 0.29) is 6.10 Å². The van der Waals surface area contributed by atoms with Crippen molar-refractivity contribution >= 4 is 11.8 Å². The van der Waals surface area contributed by atoms with Gasteiger partial charge in [0.05, 0.1) is 12.2 Å². The molecule has 1 unspecified atom stereocenters. The molecule has 0 spiro atoms. The highest BCUT2D eigenvalue weighted by Crippen LogP contribution is 2.05. The minimum atomic E-state index is -0.417. The third kappa shape index (κ3) is 3.86. The van der Waals surface area contributed by atoms with E-state index in [9.17, 15) is 4.79 Å². The van der Waals surface area contributed by atoms with Gasteiger partial charge < -0.3 is 15.2 Å². The number of hydrogen-bond donors (Lipinski definition) is 1. The quantitative estimate of drug-likeness (QED) is 0.762. The molecule has 1 aromatic heterocycles. The number of ether oxygens (including phenoxy) is 2. The highest BCUT2D eigenvalue weighted by Gasteiger charge is 2.12. The molecule has 0 saturated heterocycles. The Kier molecular flexibility index (Phi) is 4.72. The van der Waals surface area contributed by atoms with Crippen LogP contribution in [0, 0.1) is 0 Å². The summed E-state index contributed by atoms with van der Waals surface area (Å²) < 4.78 is 10.3. The van der Waals surface area contributed by atoms with Crippen molar-refractivity contribution < 1.29 is 14.3 Å². The number of hydrogen-bond acceptors (Lipinski definition) is 5. The maximum absolute atomic E-state index is 11.6. The van der Waals surface area contributed by atoms with Crippen LogP contribution < -0.4 is 5.73 Å². The molecule has 1 heterocycles. The van der Waals surface area contributed by atoms with E-state index >= 15 is 0 Å². The van der Waals surface area contributed by atoms with Gasteiger partial charge in [-0.1, -0.05) is 0 Å². The van der Waals surface area contributed by atoms with Crippen LogP contribution in [-0.2, 0) is 9.47 Å². The van der Waals surface area contributed by atoms with E-state index in [2.05, 4.69) is 4.98 Å². The highest BCUT2D eigenvalue weighted by molar-refractivity contribution is 5.89. The van der Waals surface area contributed by atoms with Crippen LogP contribution in [-0.4, -0.2) is 30.3 Å². The van der Waals surface area contributed by atoms with E-state index in [4.69, 9.17) is 15.2 Å². The third-order valence-electron chi connectivity index (χ3n) is 1.89. The second-order valence-electron chi connectivity index (χ2n) is 3.35. The number of nitrogen functional groups attached to an aromatic ring is 1. The first kappa shape index (κ1) is 12.4. The Hall–Kier alpha value is -1.62. The average molecular weight is 224 g/mol. The number of anilines is 1. The van der Waals surface area contributed by atoms with Gasteiger partial charge in [-0.25, -0.2) is 9.78 Å². The maximum atomic E-state index is 11.6. The molecule has 5 nitrogen and oxygen atoms in total. The molecular weight excluding hydrogens is 208 g/mol. The smallest absolute Gasteiger partial charge is 0.340 e.